The number of hydrogen-bond donors (Lipinski definition) is 1. The van der Waals surface area contributed by atoms with E-state index in [4.69, 9.17) is 5.73 Å². The Labute approximate surface area is 146 Å². The molecule has 1 aliphatic rings. The van der Waals surface area contributed by atoms with Crippen molar-refractivity contribution in [2.24, 2.45) is 0 Å². The first kappa shape index (κ1) is 17.0. The zero-order valence-corrected chi connectivity index (χ0v) is 15.3. The van der Waals surface area contributed by atoms with Gasteiger partial charge in [-0.3, -0.25) is 4.79 Å². The molecule has 7 heteroatoms. The van der Waals surface area contributed by atoms with Crippen molar-refractivity contribution in [2.45, 2.75) is 25.5 Å². The number of amides is 1. The van der Waals surface area contributed by atoms with E-state index in [1.165, 1.54) is 17.6 Å². The zero-order valence-electron chi connectivity index (χ0n) is 13.7. The van der Waals surface area contributed by atoms with E-state index >= 15 is 0 Å². The van der Waals surface area contributed by atoms with E-state index in [-0.39, 0.29) is 11.7 Å². The summed E-state index contributed by atoms with van der Waals surface area (Å²) in [5.41, 5.74) is 9.33. The van der Waals surface area contributed by atoms with Crippen molar-refractivity contribution in [2.75, 3.05) is 23.4 Å². The smallest absolute Gasteiger partial charge is 0.268 e. The molecule has 1 aromatic heterocycles. The topological polar surface area (TPSA) is 80.5 Å². The first-order valence-electron chi connectivity index (χ1n) is 7.72. The van der Waals surface area contributed by atoms with Gasteiger partial charge in [-0.2, -0.15) is 0 Å². The van der Waals surface area contributed by atoms with E-state index in [1.54, 1.807) is 11.0 Å². The maximum absolute atomic E-state index is 13.0. The minimum absolute atomic E-state index is 0.0356. The van der Waals surface area contributed by atoms with Crippen LogP contribution >= 0.6 is 11.3 Å². The van der Waals surface area contributed by atoms with Gasteiger partial charge in [0.05, 0.1) is 10.6 Å². The third-order valence-corrected chi connectivity index (χ3v) is 6.10. The van der Waals surface area contributed by atoms with E-state index in [0.29, 0.717) is 22.7 Å². The number of sulfone groups is 1. The minimum atomic E-state index is -3.13. The SMILES string of the molecule is Cc1sc(C(=O)N2CCCc3c(N)cccc32)cc1CS(C)(=O)=O. The first-order valence-corrected chi connectivity index (χ1v) is 10.6. The molecule has 2 heterocycles. The minimum Gasteiger partial charge on any atom is -0.398 e. The van der Waals surface area contributed by atoms with Gasteiger partial charge >= 0.3 is 0 Å². The maximum atomic E-state index is 13.0. The number of aryl methyl sites for hydroxylation is 1. The Morgan fingerprint density at radius 2 is 2.12 bits per heavy atom. The molecule has 5 nitrogen and oxygen atoms in total. The second-order valence-electron chi connectivity index (χ2n) is 6.17. The quantitative estimate of drug-likeness (QED) is 0.849. The summed E-state index contributed by atoms with van der Waals surface area (Å²) in [6.45, 7) is 2.50. The lowest BCUT2D eigenvalue weighted by molar-refractivity contribution is 0.0989. The molecule has 1 aliphatic heterocycles. The molecule has 24 heavy (non-hydrogen) atoms. The van der Waals surface area contributed by atoms with Gasteiger partial charge in [-0.1, -0.05) is 6.07 Å². The fourth-order valence-electron chi connectivity index (χ4n) is 3.05. The maximum Gasteiger partial charge on any atom is 0.268 e. The number of nitrogen functional groups attached to an aromatic ring is 1. The number of anilines is 2. The number of thiophene rings is 1. The van der Waals surface area contributed by atoms with Gasteiger partial charge < -0.3 is 10.6 Å². The van der Waals surface area contributed by atoms with Gasteiger partial charge in [0.2, 0.25) is 0 Å². The fourth-order valence-corrected chi connectivity index (χ4v) is 4.99. The van der Waals surface area contributed by atoms with E-state index in [9.17, 15) is 13.2 Å². The van der Waals surface area contributed by atoms with Crippen LogP contribution in [0, 0.1) is 6.92 Å². The molecule has 0 saturated heterocycles. The van der Waals surface area contributed by atoms with Crippen molar-refractivity contribution in [1.82, 2.24) is 0 Å². The summed E-state index contributed by atoms with van der Waals surface area (Å²) in [5.74, 6) is -0.124. The van der Waals surface area contributed by atoms with Gasteiger partial charge in [-0.25, -0.2) is 8.42 Å². The van der Waals surface area contributed by atoms with Crippen LogP contribution in [0.15, 0.2) is 24.3 Å². The lowest BCUT2D eigenvalue weighted by atomic mass is 9.99. The summed E-state index contributed by atoms with van der Waals surface area (Å²) < 4.78 is 23.1. The van der Waals surface area contributed by atoms with Gasteiger partial charge in [-0.05, 0) is 49.1 Å². The number of benzene rings is 1. The molecule has 2 N–H and O–H groups in total. The van der Waals surface area contributed by atoms with Gasteiger partial charge in [0, 0.05) is 29.1 Å². The monoisotopic (exact) mass is 364 g/mol. The highest BCUT2D eigenvalue weighted by Gasteiger charge is 2.26. The number of rotatable bonds is 3. The molecule has 0 aliphatic carbocycles. The third-order valence-electron chi connectivity index (χ3n) is 4.18. The Morgan fingerprint density at radius 3 is 2.83 bits per heavy atom. The van der Waals surface area contributed by atoms with Crippen LogP contribution in [0.4, 0.5) is 11.4 Å². The number of nitrogens with zero attached hydrogens (tertiary/aromatic N) is 1. The standard InChI is InChI=1S/C17H20N2O3S2/c1-11-12(10-24(2,21)22)9-16(23-11)17(20)19-8-4-5-13-14(18)6-3-7-15(13)19/h3,6-7,9H,4-5,8,10,18H2,1-2H3. The Balaban J connectivity index is 1.94. The van der Waals surface area contributed by atoms with Crippen LogP contribution in [0.25, 0.3) is 0 Å². The van der Waals surface area contributed by atoms with Crippen molar-refractivity contribution in [3.05, 3.63) is 45.1 Å². The lowest BCUT2D eigenvalue weighted by Gasteiger charge is -2.30. The lowest BCUT2D eigenvalue weighted by Crippen LogP contribution is -2.35. The summed E-state index contributed by atoms with van der Waals surface area (Å²) in [6.07, 6.45) is 2.94. The highest BCUT2D eigenvalue weighted by molar-refractivity contribution is 7.89. The number of carbonyl (C=O) groups is 1. The van der Waals surface area contributed by atoms with E-state index < -0.39 is 9.84 Å². The second-order valence-corrected chi connectivity index (χ2v) is 9.56. The van der Waals surface area contributed by atoms with Crippen molar-refractivity contribution in [1.29, 1.82) is 0 Å². The van der Waals surface area contributed by atoms with Crippen LogP contribution in [0.5, 0.6) is 0 Å². The van der Waals surface area contributed by atoms with Crippen molar-refractivity contribution < 1.29 is 13.2 Å². The Bertz CT molecular complexity index is 901. The van der Waals surface area contributed by atoms with Crippen LogP contribution in [-0.2, 0) is 22.0 Å². The summed E-state index contributed by atoms with van der Waals surface area (Å²) in [6, 6.07) is 7.34. The number of carbonyl (C=O) groups excluding carboxylic acids is 1. The highest BCUT2D eigenvalue weighted by atomic mass is 32.2. The van der Waals surface area contributed by atoms with Crippen LogP contribution in [0.2, 0.25) is 0 Å². The molecule has 0 fully saturated rings. The molecule has 0 unspecified atom stereocenters. The van der Waals surface area contributed by atoms with E-state index in [1.807, 2.05) is 25.1 Å². The van der Waals surface area contributed by atoms with Gasteiger partial charge in [0.15, 0.2) is 9.84 Å². The van der Waals surface area contributed by atoms with Crippen LogP contribution in [0.3, 0.4) is 0 Å². The van der Waals surface area contributed by atoms with Crippen LogP contribution in [0.1, 0.15) is 32.1 Å². The van der Waals surface area contributed by atoms with E-state index in [0.717, 1.165) is 29.0 Å². The van der Waals surface area contributed by atoms with Crippen LogP contribution < -0.4 is 10.6 Å². The molecule has 0 saturated carbocycles. The normalized spacial score (nSPS) is 14.5. The number of nitrogens with two attached hydrogens (primary N) is 1. The summed E-state index contributed by atoms with van der Waals surface area (Å²) >= 11 is 1.35. The Hall–Kier alpha value is -1.86. The molecule has 0 atom stereocenters. The molecule has 0 spiro atoms. The highest BCUT2D eigenvalue weighted by Crippen LogP contribution is 2.33. The molecule has 0 bridgehead atoms. The van der Waals surface area contributed by atoms with Gasteiger partial charge in [0.25, 0.3) is 5.91 Å². The largest absolute Gasteiger partial charge is 0.398 e. The first-order chi connectivity index (χ1) is 11.3. The van der Waals surface area contributed by atoms with Crippen molar-refractivity contribution in [3.63, 3.8) is 0 Å². The number of fused-ring (bicyclic) bond motifs is 1. The van der Waals surface area contributed by atoms with Gasteiger partial charge in [0.1, 0.15) is 0 Å². The Morgan fingerprint density at radius 1 is 1.38 bits per heavy atom. The molecular weight excluding hydrogens is 344 g/mol. The summed E-state index contributed by atoms with van der Waals surface area (Å²) in [5, 5.41) is 0. The zero-order chi connectivity index (χ0) is 17.5. The summed E-state index contributed by atoms with van der Waals surface area (Å²) in [7, 11) is -3.13. The fraction of sp³-hybridized carbons (Fsp3) is 0.353. The van der Waals surface area contributed by atoms with Crippen molar-refractivity contribution in [3.8, 4) is 0 Å². The average molecular weight is 364 g/mol. The average Bonchev–Trinajstić information content (AvgIpc) is 2.86. The number of hydrogen-bond acceptors (Lipinski definition) is 5. The second kappa shape index (κ2) is 6.22. The van der Waals surface area contributed by atoms with Crippen LogP contribution in [-0.4, -0.2) is 27.1 Å². The molecule has 2 aromatic rings. The molecule has 0 radical (unpaired) electrons. The van der Waals surface area contributed by atoms with Crippen molar-refractivity contribution >= 4 is 38.5 Å². The predicted octanol–water partition coefficient (Wildman–Crippen LogP) is 2.78. The third kappa shape index (κ3) is 3.32. The molecule has 1 aromatic carbocycles. The molecular formula is C17H20N2O3S2. The molecule has 128 valence electrons. The molecule has 1 amide bonds. The van der Waals surface area contributed by atoms with Gasteiger partial charge in [-0.15, -0.1) is 11.3 Å². The Kier molecular flexibility index (Phi) is 4.40. The summed E-state index contributed by atoms with van der Waals surface area (Å²) in [4.78, 5) is 16.1. The predicted molar refractivity (Wildman–Crippen MR) is 98.5 cm³/mol. The molecule has 3 rings (SSSR count). The van der Waals surface area contributed by atoms with E-state index in [2.05, 4.69) is 0 Å².